The van der Waals surface area contributed by atoms with Gasteiger partial charge in [-0.1, -0.05) is 21.1 Å². The van der Waals surface area contributed by atoms with Crippen molar-refractivity contribution in [2.24, 2.45) is 5.10 Å². The van der Waals surface area contributed by atoms with Crippen molar-refractivity contribution >= 4 is 65.5 Å². The summed E-state index contributed by atoms with van der Waals surface area (Å²) in [5.41, 5.74) is 6.26. The van der Waals surface area contributed by atoms with E-state index < -0.39 is 5.63 Å². The topological polar surface area (TPSA) is 117 Å². The third-order valence-corrected chi connectivity index (χ3v) is 7.84. The van der Waals surface area contributed by atoms with Gasteiger partial charge < -0.3 is 13.9 Å². The predicted octanol–water partition coefficient (Wildman–Crippen LogP) is 7.06. The number of benzene rings is 3. The summed E-state index contributed by atoms with van der Waals surface area (Å²) in [7, 11) is 1.63. The highest BCUT2D eigenvalue weighted by Crippen LogP contribution is 2.31. The van der Waals surface area contributed by atoms with E-state index in [-0.39, 0.29) is 6.61 Å². The molecule has 3 aromatic carbocycles. The van der Waals surface area contributed by atoms with Crippen molar-refractivity contribution in [2.75, 3.05) is 12.5 Å². The van der Waals surface area contributed by atoms with Crippen molar-refractivity contribution in [1.29, 1.82) is 0 Å². The molecule has 6 rings (SSSR count). The standard InChI is InChI=1S/C29H20Br2N6O4S/c1-39-22-8-4-21(5-9-22)37-14-20(34-36-37)15-40-23-6-2-17(3-7-23)13-32-35-29-33-26(16-42-29)24-11-18-10-19(30)12-25(31)27(18)41-28(24)38/h2-14,16H,15H2,1H3,(H,33,35)/b32-13+. The molecule has 0 spiro atoms. The Labute approximate surface area is 259 Å². The quantitative estimate of drug-likeness (QED) is 0.0965. The third kappa shape index (κ3) is 6.27. The van der Waals surface area contributed by atoms with E-state index in [4.69, 9.17) is 13.9 Å². The van der Waals surface area contributed by atoms with Crippen molar-refractivity contribution in [1.82, 2.24) is 20.0 Å². The van der Waals surface area contributed by atoms with Crippen molar-refractivity contribution in [3.8, 4) is 28.4 Å². The van der Waals surface area contributed by atoms with Crippen LogP contribution in [0.3, 0.4) is 0 Å². The molecule has 210 valence electrons. The molecule has 3 heterocycles. The molecule has 10 nitrogen and oxygen atoms in total. The Morgan fingerprint density at radius 3 is 2.64 bits per heavy atom. The zero-order valence-electron chi connectivity index (χ0n) is 21.8. The lowest BCUT2D eigenvalue weighted by Crippen LogP contribution is -2.03. The van der Waals surface area contributed by atoms with Gasteiger partial charge in [0, 0.05) is 15.2 Å². The molecule has 0 aliphatic carbocycles. The van der Waals surface area contributed by atoms with Crippen molar-refractivity contribution in [3.05, 3.63) is 109 Å². The van der Waals surface area contributed by atoms with Crippen LogP contribution in [0.25, 0.3) is 27.9 Å². The van der Waals surface area contributed by atoms with Crippen LogP contribution in [0.15, 0.2) is 102 Å². The van der Waals surface area contributed by atoms with Crippen LogP contribution >= 0.6 is 43.2 Å². The maximum Gasteiger partial charge on any atom is 0.345 e. The number of methoxy groups -OCH3 is 1. The SMILES string of the molecule is COc1ccc(-n2cc(COc3ccc(/C=N/Nc4nc(-c5cc6cc(Br)cc(Br)c6oc5=O)cs4)cc3)nn2)cc1. The molecule has 13 heteroatoms. The van der Waals surface area contributed by atoms with Gasteiger partial charge in [0.2, 0.25) is 5.13 Å². The van der Waals surface area contributed by atoms with Crippen LogP contribution in [-0.4, -0.2) is 33.3 Å². The molecule has 0 amide bonds. The number of ether oxygens (including phenoxy) is 2. The number of anilines is 1. The highest BCUT2D eigenvalue weighted by atomic mass is 79.9. The molecule has 0 aliphatic rings. The molecular weight excluding hydrogens is 688 g/mol. The number of nitrogens with zero attached hydrogens (tertiary/aromatic N) is 5. The lowest BCUT2D eigenvalue weighted by Gasteiger charge is -2.04. The molecule has 3 aromatic heterocycles. The maximum absolute atomic E-state index is 12.6. The van der Waals surface area contributed by atoms with Gasteiger partial charge in [0.25, 0.3) is 0 Å². The smallest absolute Gasteiger partial charge is 0.345 e. The number of hydrogen-bond acceptors (Lipinski definition) is 10. The van der Waals surface area contributed by atoms with Crippen molar-refractivity contribution < 1.29 is 13.9 Å². The monoisotopic (exact) mass is 706 g/mol. The number of thiazole rings is 1. The second kappa shape index (κ2) is 12.3. The summed E-state index contributed by atoms with van der Waals surface area (Å²) in [5, 5.41) is 15.7. The lowest BCUT2D eigenvalue weighted by molar-refractivity contribution is 0.301. The Morgan fingerprint density at radius 1 is 1.07 bits per heavy atom. The first-order valence-corrected chi connectivity index (χ1v) is 14.9. The van der Waals surface area contributed by atoms with Crippen LogP contribution in [0.1, 0.15) is 11.3 Å². The Morgan fingerprint density at radius 2 is 1.86 bits per heavy atom. The minimum atomic E-state index is -0.463. The maximum atomic E-state index is 12.6. The second-order valence-electron chi connectivity index (χ2n) is 8.87. The fraction of sp³-hybridized carbons (Fsp3) is 0.0690. The highest BCUT2D eigenvalue weighted by molar-refractivity contribution is 9.11. The van der Waals surface area contributed by atoms with Gasteiger partial charge in [0.15, 0.2) is 5.58 Å². The zero-order valence-corrected chi connectivity index (χ0v) is 25.8. The summed E-state index contributed by atoms with van der Waals surface area (Å²) < 4.78 is 19.8. The molecule has 0 radical (unpaired) electrons. The molecule has 6 aromatic rings. The Hall–Kier alpha value is -4.33. The highest BCUT2D eigenvalue weighted by Gasteiger charge is 2.14. The summed E-state index contributed by atoms with van der Waals surface area (Å²) in [6.45, 7) is 0.279. The van der Waals surface area contributed by atoms with Gasteiger partial charge in [-0.2, -0.15) is 5.10 Å². The van der Waals surface area contributed by atoms with E-state index in [1.165, 1.54) is 11.3 Å². The van der Waals surface area contributed by atoms with E-state index in [1.54, 1.807) is 29.5 Å². The summed E-state index contributed by atoms with van der Waals surface area (Å²) in [4.78, 5) is 17.1. The predicted molar refractivity (Wildman–Crippen MR) is 169 cm³/mol. The normalized spacial score (nSPS) is 11.3. The number of hydrazone groups is 1. The van der Waals surface area contributed by atoms with Gasteiger partial charge in [-0.15, -0.1) is 16.4 Å². The van der Waals surface area contributed by atoms with E-state index in [2.05, 4.69) is 57.7 Å². The number of halogens is 2. The number of aromatic nitrogens is 4. The first-order chi connectivity index (χ1) is 20.4. The number of fused-ring (bicyclic) bond motifs is 1. The van der Waals surface area contributed by atoms with Gasteiger partial charge in [0.1, 0.15) is 23.8 Å². The van der Waals surface area contributed by atoms with Gasteiger partial charge in [-0.25, -0.2) is 14.5 Å². The van der Waals surface area contributed by atoms with Crippen LogP contribution in [0.5, 0.6) is 11.5 Å². The average molecular weight is 708 g/mol. The van der Waals surface area contributed by atoms with E-state index in [1.807, 2.05) is 66.9 Å². The largest absolute Gasteiger partial charge is 0.497 e. The lowest BCUT2D eigenvalue weighted by atomic mass is 10.1. The summed E-state index contributed by atoms with van der Waals surface area (Å²) in [6.07, 6.45) is 3.49. The van der Waals surface area contributed by atoms with Crippen molar-refractivity contribution in [2.45, 2.75) is 6.61 Å². The Bertz CT molecular complexity index is 1950. The molecule has 0 bridgehead atoms. The molecule has 42 heavy (non-hydrogen) atoms. The minimum Gasteiger partial charge on any atom is -0.497 e. The average Bonchev–Trinajstić information content (AvgIpc) is 3.67. The first kappa shape index (κ1) is 27.8. The van der Waals surface area contributed by atoms with Crippen LogP contribution in [0.2, 0.25) is 0 Å². The van der Waals surface area contributed by atoms with Gasteiger partial charge in [-0.05, 0) is 88.2 Å². The molecule has 1 N–H and O–H groups in total. The van der Waals surface area contributed by atoms with Crippen LogP contribution in [-0.2, 0) is 6.61 Å². The fourth-order valence-corrected chi connectivity index (χ4v) is 5.98. The van der Waals surface area contributed by atoms with Crippen LogP contribution < -0.4 is 20.5 Å². The fourth-order valence-electron chi connectivity index (χ4n) is 3.98. The Kier molecular flexibility index (Phi) is 8.13. The number of rotatable bonds is 9. The molecule has 0 aliphatic heterocycles. The Balaban J connectivity index is 1.05. The summed E-state index contributed by atoms with van der Waals surface area (Å²) in [6, 6.07) is 20.5. The van der Waals surface area contributed by atoms with E-state index in [0.29, 0.717) is 37.9 Å². The summed E-state index contributed by atoms with van der Waals surface area (Å²) in [5.74, 6) is 1.47. The molecule has 0 saturated heterocycles. The van der Waals surface area contributed by atoms with E-state index in [0.717, 1.165) is 26.9 Å². The second-order valence-corrected chi connectivity index (χ2v) is 11.5. The van der Waals surface area contributed by atoms with Gasteiger partial charge in [-0.3, -0.25) is 5.43 Å². The molecule has 0 atom stereocenters. The van der Waals surface area contributed by atoms with E-state index >= 15 is 0 Å². The molecule has 0 unspecified atom stereocenters. The third-order valence-electron chi connectivity index (χ3n) is 6.05. The van der Waals surface area contributed by atoms with Crippen LogP contribution in [0.4, 0.5) is 5.13 Å². The first-order valence-electron chi connectivity index (χ1n) is 12.4. The number of hydrogen-bond donors (Lipinski definition) is 1. The van der Waals surface area contributed by atoms with Crippen molar-refractivity contribution in [3.63, 3.8) is 0 Å². The minimum absolute atomic E-state index is 0.279. The van der Waals surface area contributed by atoms with Gasteiger partial charge in [0.05, 0.1) is 40.9 Å². The summed E-state index contributed by atoms with van der Waals surface area (Å²) >= 11 is 8.23. The number of nitrogens with one attached hydrogen (secondary N) is 1. The van der Waals surface area contributed by atoms with E-state index in [9.17, 15) is 4.79 Å². The molecular formula is C29H20Br2N6O4S. The molecule has 0 fully saturated rings. The molecule has 0 saturated carbocycles. The van der Waals surface area contributed by atoms with Crippen LogP contribution in [0, 0.1) is 0 Å². The van der Waals surface area contributed by atoms with Gasteiger partial charge >= 0.3 is 5.63 Å². The zero-order chi connectivity index (χ0) is 29.1.